The van der Waals surface area contributed by atoms with E-state index in [0.717, 1.165) is 109 Å². The SMILES string of the molecule is CCOC(=O)c1c(OCC)cc(CN2CCC(Nc3cnc4ccccc4c3)CC2)cc1OCC.CCOc1cc(CN2CCC(Nc3cnc4ccccc4c3)CC2)cc(OCC)c1F. The molecule has 66 heavy (non-hydrogen) atoms. The molecule has 2 fully saturated rings. The van der Waals surface area contributed by atoms with Gasteiger partial charge in [-0.2, -0.15) is 4.39 Å². The molecule has 0 unspecified atom stereocenters. The number of carbonyl (C=O) groups excluding carboxylic acids is 1. The van der Waals surface area contributed by atoms with Crippen LogP contribution in [0.15, 0.2) is 97.3 Å². The molecule has 2 aromatic heterocycles. The van der Waals surface area contributed by atoms with Crippen molar-refractivity contribution in [2.45, 2.75) is 85.5 Å². The van der Waals surface area contributed by atoms with Crippen molar-refractivity contribution in [3.05, 3.63) is 120 Å². The van der Waals surface area contributed by atoms with Gasteiger partial charge in [-0.05, 0) is 120 Å². The molecule has 2 aliphatic heterocycles. The Morgan fingerprint density at radius 3 is 1.38 bits per heavy atom. The highest BCUT2D eigenvalue weighted by molar-refractivity contribution is 5.96. The van der Waals surface area contributed by atoms with Gasteiger partial charge in [0.1, 0.15) is 17.1 Å². The fourth-order valence-electron chi connectivity index (χ4n) is 8.68. The van der Waals surface area contributed by atoms with E-state index >= 15 is 0 Å². The largest absolute Gasteiger partial charge is 0.493 e. The Bertz CT molecular complexity index is 2450. The van der Waals surface area contributed by atoms with Crippen LogP contribution in [0.3, 0.4) is 0 Å². The van der Waals surface area contributed by atoms with Crippen LogP contribution in [-0.2, 0) is 17.8 Å². The van der Waals surface area contributed by atoms with Crippen molar-refractivity contribution < 1.29 is 32.9 Å². The summed E-state index contributed by atoms with van der Waals surface area (Å²) in [6.45, 7) is 16.8. The lowest BCUT2D eigenvalue weighted by molar-refractivity contribution is 0.0517. The molecular weight excluding hydrogens is 836 g/mol. The highest BCUT2D eigenvalue weighted by atomic mass is 19.1. The number of esters is 1. The van der Waals surface area contributed by atoms with E-state index in [4.69, 9.17) is 23.7 Å². The zero-order chi connectivity index (χ0) is 46.3. The number of anilines is 2. The number of benzene rings is 4. The maximum absolute atomic E-state index is 14.5. The molecule has 0 radical (unpaired) electrons. The number of carbonyl (C=O) groups is 1. The summed E-state index contributed by atoms with van der Waals surface area (Å²) in [5.74, 6) is 0.743. The van der Waals surface area contributed by atoms with Gasteiger partial charge < -0.3 is 34.3 Å². The molecule has 4 aromatic carbocycles. The van der Waals surface area contributed by atoms with Gasteiger partial charge in [0.2, 0.25) is 5.82 Å². The fourth-order valence-corrected chi connectivity index (χ4v) is 8.68. The molecule has 0 atom stereocenters. The number of pyridine rings is 2. The number of rotatable bonds is 18. The van der Waals surface area contributed by atoms with E-state index in [0.29, 0.717) is 62.2 Å². The molecule has 2 N–H and O–H groups in total. The molecule has 350 valence electrons. The predicted molar refractivity (Wildman–Crippen MR) is 261 cm³/mol. The summed E-state index contributed by atoms with van der Waals surface area (Å²) in [4.78, 5) is 26.5. The first kappa shape index (κ1) is 47.8. The number of halogens is 1. The first-order valence-corrected chi connectivity index (χ1v) is 23.6. The van der Waals surface area contributed by atoms with Crippen molar-refractivity contribution in [2.75, 3.05) is 69.8 Å². The Kier molecular flexibility index (Phi) is 17.3. The van der Waals surface area contributed by atoms with E-state index < -0.39 is 11.8 Å². The molecule has 0 aliphatic carbocycles. The Balaban J connectivity index is 0.000000198. The van der Waals surface area contributed by atoms with Crippen LogP contribution < -0.4 is 29.6 Å². The fraction of sp³-hybridized carbons (Fsp3) is 0.415. The van der Waals surface area contributed by atoms with Gasteiger partial charge in [-0.25, -0.2) is 4.79 Å². The van der Waals surface area contributed by atoms with Crippen LogP contribution in [-0.4, -0.2) is 97.0 Å². The third-order valence-corrected chi connectivity index (χ3v) is 11.8. The number of fused-ring (bicyclic) bond motifs is 2. The van der Waals surface area contributed by atoms with Gasteiger partial charge in [-0.3, -0.25) is 19.8 Å². The second-order valence-electron chi connectivity index (χ2n) is 16.5. The van der Waals surface area contributed by atoms with E-state index in [-0.39, 0.29) is 11.5 Å². The van der Waals surface area contributed by atoms with Crippen molar-refractivity contribution in [1.29, 1.82) is 0 Å². The number of likely N-dealkylation sites (tertiary alicyclic amines) is 2. The number of ether oxygens (including phenoxy) is 5. The van der Waals surface area contributed by atoms with Crippen molar-refractivity contribution in [1.82, 2.24) is 19.8 Å². The zero-order valence-corrected chi connectivity index (χ0v) is 39.1. The van der Waals surface area contributed by atoms with E-state index in [2.05, 4.69) is 54.7 Å². The summed E-state index contributed by atoms with van der Waals surface area (Å²) < 4.78 is 42.3. The summed E-state index contributed by atoms with van der Waals surface area (Å²) in [5, 5.41) is 9.60. The predicted octanol–water partition coefficient (Wildman–Crippen LogP) is 10.5. The minimum atomic E-state index is -0.417. The minimum Gasteiger partial charge on any atom is -0.493 e. The molecule has 6 aromatic rings. The van der Waals surface area contributed by atoms with E-state index in [1.807, 2.05) is 88.6 Å². The summed E-state index contributed by atoms with van der Waals surface area (Å²) in [6, 6.07) is 29.0. The van der Waals surface area contributed by atoms with Crippen LogP contribution in [0.25, 0.3) is 21.8 Å². The monoisotopic (exact) mass is 900 g/mol. The number of hydrogen-bond donors (Lipinski definition) is 2. The maximum Gasteiger partial charge on any atom is 0.345 e. The summed E-state index contributed by atoms with van der Waals surface area (Å²) in [6.07, 6.45) is 8.02. The molecule has 0 bridgehead atoms. The Morgan fingerprint density at radius 2 is 0.970 bits per heavy atom. The minimum absolute atomic E-state index is 0.267. The Hall–Kier alpha value is -6.18. The van der Waals surface area contributed by atoms with Crippen molar-refractivity contribution in [2.24, 2.45) is 0 Å². The van der Waals surface area contributed by atoms with E-state index in [9.17, 15) is 9.18 Å². The molecule has 13 heteroatoms. The van der Waals surface area contributed by atoms with Crippen LogP contribution in [0.1, 0.15) is 81.8 Å². The number of aromatic nitrogens is 2. The average Bonchev–Trinajstić information content (AvgIpc) is 3.32. The Labute approximate surface area is 388 Å². The number of nitrogens with zero attached hydrogens (tertiary/aromatic N) is 4. The van der Waals surface area contributed by atoms with Crippen LogP contribution in [0.4, 0.5) is 15.8 Å². The molecule has 0 saturated carbocycles. The van der Waals surface area contributed by atoms with Gasteiger partial charge in [-0.1, -0.05) is 36.4 Å². The normalized spacial score (nSPS) is 14.9. The molecule has 0 amide bonds. The smallest absolute Gasteiger partial charge is 0.345 e. The van der Waals surface area contributed by atoms with Crippen LogP contribution in [0.2, 0.25) is 0 Å². The second kappa shape index (κ2) is 23.8. The lowest BCUT2D eigenvalue weighted by Gasteiger charge is -2.33. The van der Waals surface area contributed by atoms with Crippen LogP contribution >= 0.6 is 0 Å². The third kappa shape index (κ3) is 12.8. The first-order chi connectivity index (χ1) is 32.3. The van der Waals surface area contributed by atoms with Crippen LogP contribution in [0.5, 0.6) is 23.0 Å². The number of para-hydroxylation sites is 2. The molecule has 8 rings (SSSR count). The summed E-state index contributed by atoms with van der Waals surface area (Å²) in [5.41, 5.74) is 6.61. The number of hydrogen-bond acceptors (Lipinski definition) is 12. The highest BCUT2D eigenvalue weighted by Gasteiger charge is 2.25. The van der Waals surface area contributed by atoms with E-state index in [1.54, 1.807) is 19.1 Å². The topological polar surface area (TPSA) is 120 Å². The standard InChI is InChI=1S/C28H35N3O4.C25H30FN3O2/c1-4-33-25-15-20(16-26(34-5-2)27(25)28(32)35-6-3)19-31-13-11-22(12-14-31)30-23-17-21-9-7-8-10-24(21)29-18-23;1-3-30-23-13-18(14-24(25(23)26)31-4-2)17-29-11-9-20(10-12-29)28-21-15-19-7-5-6-8-22(19)27-16-21/h7-10,15-18,22,30H,4-6,11-14,19H2,1-3H3;5-8,13-16,20,28H,3-4,9-12,17H2,1-2H3. The first-order valence-electron chi connectivity index (χ1n) is 23.6. The second-order valence-corrected chi connectivity index (χ2v) is 16.5. The van der Waals surface area contributed by atoms with Gasteiger partial charge in [0.05, 0.1) is 67.8 Å². The summed E-state index contributed by atoms with van der Waals surface area (Å²) in [7, 11) is 0. The molecular formula is C53H65FN6O6. The van der Waals surface area contributed by atoms with Gasteiger partial charge >= 0.3 is 5.97 Å². The van der Waals surface area contributed by atoms with Gasteiger partial charge in [0.15, 0.2) is 11.5 Å². The number of nitrogens with one attached hydrogen (secondary N) is 2. The third-order valence-electron chi connectivity index (χ3n) is 11.8. The average molecular weight is 901 g/mol. The Morgan fingerprint density at radius 1 is 0.576 bits per heavy atom. The number of piperidine rings is 2. The molecule has 12 nitrogen and oxygen atoms in total. The molecule has 2 saturated heterocycles. The van der Waals surface area contributed by atoms with Crippen molar-refractivity contribution in [3.63, 3.8) is 0 Å². The lowest BCUT2D eigenvalue weighted by atomic mass is 10.0. The molecule has 4 heterocycles. The summed E-state index contributed by atoms with van der Waals surface area (Å²) >= 11 is 0. The maximum atomic E-state index is 14.5. The zero-order valence-electron chi connectivity index (χ0n) is 39.1. The van der Waals surface area contributed by atoms with Crippen molar-refractivity contribution in [3.8, 4) is 23.0 Å². The lowest BCUT2D eigenvalue weighted by Crippen LogP contribution is -2.38. The highest BCUT2D eigenvalue weighted by Crippen LogP contribution is 2.34. The van der Waals surface area contributed by atoms with Gasteiger partial charge in [0.25, 0.3) is 0 Å². The van der Waals surface area contributed by atoms with Gasteiger partial charge in [0, 0.05) is 62.1 Å². The van der Waals surface area contributed by atoms with E-state index in [1.165, 1.54) is 0 Å². The quantitative estimate of drug-likeness (QED) is 0.0799. The van der Waals surface area contributed by atoms with Crippen molar-refractivity contribution >= 4 is 39.1 Å². The van der Waals surface area contributed by atoms with Crippen LogP contribution in [0, 0.1) is 5.82 Å². The molecule has 2 aliphatic rings. The van der Waals surface area contributed by atoms with Gasteiger partial charge in [-0.15, -0.1) is 0 Å². The molecule has 0 spiro atoms.